The lowest BCUT2D eigenvalue weighted by atomic mass is 10.2. The number of aromatic nitrogens is 1. The molecule has 0 bridgehead atoms. The molecule has 0 unspecified atom stereocenters. The molecule has 4 rings (SSSR count). The number of halogens is 2. The Morgan fingerprint density at radius 1 is 1.24 bits per heavy atom. The van der Waals surface area contributed by atoms with Gasteiger partial charge in [0.15, 0.2) is 22.9 Å². The molecule has 0 aliphatic carbocycles. The zero-order valence-corrected chi connectivity index (χ0v) is 17.5. The average molecular weight is 451 g/mol. The number of hydrogen-bond donors (Lipinski definition) is 0. The molecule has 9 heteroatoms. The van der Waals surface area contributed by atoms with Crippen LogP contribution >= 0.6 is 34.5 Å². The summed E-state index contributed by atoms with van der Waals surface area (Å²) in [5.74, 6) is 1.31. The Morgan fingerprint density at radius 2 is 2.00 bits per heavy atom. The van der Waals surface area contributed by atoms with E-state index in [0.717, 1.165) is 10.2 Å². The van der Waals surface area contributed by atoms with Crippen molar-refractivity contribution in [2.45, 2.75) is 6.54 Å². The fraction of sp³-hybridized carbons (Fsp3) is 0.200. The summed E-state index contributed by atoms with van der Waals surface area (Å²) in [6.07, 6.45) is 1.75. The van der Waals surface area contributed by atoms with Crippen molar-refractivity contribution >= 4 is 50.7 Å². The number of carbonyl (C=O) groups excluding carboxylic acids is 1. The van der Waals surface area contributed by atoms with E-state index in [4.69, 9.17) is 37.4 Å². The summed E-state index contributed by atoms with van der Waals surface area (Å²) in [6.45, 7) is 5.06. The van der Waals surface area contributed by atoms with Gasteiger partial charge in [0.05, 0.1) is 15.2 Å². The van der Waals surface area contributed by atoms with Crippen molar-refractivity contribution in [2.75, 3.05) is 19.8 Å². The van der Waals surface area contributed by atoms with Crippen LogP contribution < -0.4 is 19.0 Å². The van der Waals surface area contributed by atoms with Gasteiger partial charge in [-0.2, -0.15) is 4.99 Å². The van der Waals surface area contributed by atoms with E-state index >= 15 is 0 Å². The maximum absolute atomic E-state index is 12.4. The van der Waals surface area contributed by atoms with Crippen molar-refractivity contribution in [1.82, 2.24) is 4.57 Å². The molecule has 1 aliphatic rings. The molecule has 2 aromatic carbocycles. The molecule has 0 fully saturated rings. The van der Waals surface area contributed by atoms with Crippen LogP contribution in [0.25, 0.3) is 10.2 Å². The number of fused-ring (bicyclic) bond motifs is 2. The zero-order chi connectivity index (χ0) is 20.4. The summed E-state index contributed by atoms with van der Waals surface area (Å²) in [6, 6.07) is 8.61. The molecule has 0 saturated heterocycles. The third kappa shape index (κ3) is 4.27. The van der Waals surface area contributed by atoms with E-state index in [-0.39, 0.29) is 6.61 Å². The van der Waals surface area contributed by atoms with E-state index < -0.39 is 5.91 Å². The van der Waals surface area contributed by atoms with Crippen molar-refractivity contribution in [3.8, 4) is 17.2 Å². The molecule has 6 nitrogen and oxygen atoms in total. The van der Waals surface area contributed by atoms with Gasteiger partial charge in [-0.3, -0.25) is 4.79 Å². The molecule has 0 N–H and O–H groups in total. The van der Waals surface area contributed by atoms with Gasteiger partial charge >= 0.3 is 0 Å². The summed E-state index contributed by atoms with van der Waals surface area (Å²) >= 11 is 13.3. The minimum absolute atomic E-state index is 0.244. The fourth-order valence-corrected chi connectivity index (χ4v) is 4.40. The van der Waals surface area contributed by atoms with Gasteiger partial charge in [0, 0.05) is 23.7 Å². The Hall–Kier alpha value is -2.48. The SMILES string of the molecule is C=CCn1c(=NC(=O)COc2ccc(Cl)cc2Cl)sc2cc3c(cc21)OCCO3. The Balaban J connectivity index is 1.64. The second kappa shape index (κ2) is 8.49. The Morgan fingerprint density at radius 3 is 2.72 bits per heavy atom. The predicted molar refractivity (Wildman–Crippen MR) is 114 cm³/mol. The van der Waals surface area contributed by atoms with Gasteiger partial charge in [-0.15, -0.1) is 6.58 Å². The first-order chi connectivity index (χ1) is 14.0. The first-order valence-electron chi connectivity index (χ1n) is 8.74. The maximum Gasteiger partial charge on any atom is 0.286 e. The smallest absolute Gasteiger partial charge is 0.286 e. The lowest BCUT2D eigenvalue weighted by Gasteiger charge is -2.18. The van der Waals surface area contributed by atoms with Gasteiger partial charge in [0.25, 0.3) is 5.91 Å². The molecule has 0 atom stereocenters. The Labute approximate surface area is 180 Å². The quantitative estimate of drug-likeness (QED) is 0.537. The number of amides is 1. The monoisotopic (exact) mass is 450 g/mol. The summed E-state index contributed by atoms with van der Waals surface area (Å²) in [5.41, 5.74) is 0.896. The third-order valence-electron chi connectivity index (χ3n) is 4.12. The molecule has 0 spiro atoms. The molecular formula is C20H16Cl2N2O4S. The Bertz CT molecular complexity index is 1170. The largest absolute Gasteiger partial charge is 0.486 e. The number of rotatable bonds is 5. The molecule has 150 valence electrons. The van der Waals surface area contributed by atoms with E-state index in [1.54, 1.807) is 24.3 Å². The van der Waals surface area contributed by atoms with E-state index in [2.05, 4.69) is 11.6 Å². The highest BCUT2D eigenvalue weighted by atomic mass is 35.5. The van der Waals surface area contributed by atoms with Crippen molar-refractivity contribution in [2.24, 2.45) is 4.99 Å². The standard InChI is InChI=1S/C20H16Cl2N2O4S/c1-2-5-24-14-9-16-17(27-7-6-26-16)10-18(14)29-20(24)23-19(25)11-28-15-4-3-12(21)8-13(15)22/h2-4,8-10H,1,5-7,11H2. The van der Waals surface area contributed by atoms with Crippen molar-refractivity contribution in [3.05, 3.63) is 57.8 Å². The number of allylic oxidation sites excluding steroid dienone is 1. The lowest BCUT2D eigenvalue weighted by molar-refractivity contribution is -0.120. The molecule has 1 amide bonds. The molecule has 1 aliphatic heterocycles. The summed E-state index contributed by atoms with van der Waals surface area (Å²) in [7, 11) is 0. The number of ether oxygens (including phenoxy) is 3. The van der Waals surface area contributed by atoms with Crippen LogP contribution in [0.5, 0.6) is 17.2 Å². The average Bonchev–Trinajstić information content (AvgIpc) is 3.02. The van der Waals surface area contributed by atoms with Gasteiger partial charge in [0.1, 0.15) is 19.0 Å². The molecule has 1 aromatic heterocycles. The van der Waals surface area contributed by atoms with Gasteiger partial charge in [0.2, 0.25) is 0 Å². The van der Waals surface area contributed by atoms with Crippen LogP contribution in [-0.4, -0.2) is 30.3 Å². The van der Waals surface area contributed by atoms with Crippen molar-refractivity contribution < 1.29 is 19.0 Å². The molecular weight excluding hydrogens is 435 g/mol. The molecule has 29 heavy (non-hydrogen) atoms. The predicted octanol–water partition coefficient (Wildman–Crippen LogP) is 4.47. The summed E-state index contributed by atoms with van der Waals surface area (Å²) in [5, 5.41) is 0.823. The number of hydrogen-bond acceptors (Lipinski definition) is 5. The zero-order valence-electron chi connectivity index (χ0n) is 15.2. The molecule has 2 heterocycles. The van der Waals surface area contributed by atoms with Gasteiger partial charge in [-0.05, 0) is 18.2 Å². The number of carbonyl (C=O) groups is 1. The van der Waals surface area contributed by atoms with Gasteiger partial charge < -0.3 is 18.8 Å². The van der Waals surface area contributed by atoms with E-state index in [0.29, 0.717) is 51.9 Å². The second-order valence-electron chi connectivity index (χ2n) is 6.12. The molecule has 3 aromatic rings. The van der Waals surface area contributed by atoms with E-state index in [1.807, 2.05) is 16.7 Å². The minimum atomic E-state index is -0.433. The topological polar surface area (TPSA) is 62.1 Å². The van der Waals surface area contributed by atoms with Gasteiger partial charge in [-0.25, -0.2) is 0 Å². The lowest BCUT2D eigenvalue weighted by Crippen LogP contribution is -2.19. The highest BCUT2D eigenvalue weighted by Crippen LogP contribution is 2.35. The number of thiazole rings is 1. The molecule has 0 saturated carbocycles. The first kappa shape index (κ1) is 19.8. The van der Waals surface area contributed by atoms with Crippen LogP contribution in [0.1, 0.15) is 0 Å². The molecule has 0 radical (unpaired) electrons. The summed E-state index contributed by atoms with van der Waals surface area (Å²) in [4.78, 5) is 17.2. The maximum atomic E-state index is 12.4. The first-order valence-corrected chi connectivity index (χ1v) is 10.3. The van der Waals surface area contributed by atoms with Crippen LogP contribution in [0.2, 0.25) is 10.0 Å². The minimum Gasteiger partial charge on any atom is -0.486 e. The van der Waals surface area contributed by atoms with Crippen LogP contribution in [0, 0.1) is 0 Å². The second-order valence-corrected chi connectivity index (χ2v) is 7.97. The highest BCUT2D eigenvalue weighted by molar-refractivity contribution is 7.16. The number of benzene rings is 2. The highest BCUT2D eigenvalue weighted by Gasteiger charge is 2.16. The van der Waals surface area contributed by atoms with E-state index in [9.17, 15) is 4.79 Å². The summed E-state index contributed by atoms with van der Waals surface area (Å²) < 4.78 is 19.6. The van der Waals surface area contributed by atoms with Crippen LogP contribution in [0.3, 0.4) is 0 Å². The van der Waals surface area contributed by atoms with E-state index in [1.165, 1.54) is 11.3 Å². The van der Waals surface area contributed by atoms with Crippen molar-refractivity contribution in [1.29, 1.82) is 0 Å². The third-order valence-corrected chi connectivity index (χ3v) is 5.70. The fourth-order valence-electron chi connectivity index (χ4n) is 2.87. The van der Waals surface area contributed by atoms with Crippen LogP contribution in [0.15, 0.2) is 48.0 Å². The number of nitrogens with zero attached hydrogens (tertiary/aromatic N) is 2. The normalized spacial score (nSPS) is 13.5. The van der Waals surface area contributed by atoms with Gasteiger partial charge in [-0.1, -0.05) is 40.6 Å². The van der Waals surface area contributed by atoms with Crippen LogP contribution in [0.4, 0.5) is 0 Å². The van der Waals surface area contributed by atoms with Crippen LogP contribution in [-0.2, 0) is 11.3 Å². The van der Waals surface area contributed by atoms with Crippen molar-refractivity contribution in [3.63, 3.8) is 0 Å². The Kier molecular flexibility index (Phi) is 5.80.